The van der Waals surface area contributed by atoms with E-state index in [1.54, 1.807) is 29.3 Å². The van der Waals surface area contributed by atoms with Crippen molar-refractivity contribution in [2.75, 3.05) is 26.2 Å². The van der Waals surface area contributed by atoms with Crippen molar-refractivity contribution in [1.82, 2.24) is 19.6 Å². The Kier molecular flexibility index (Phi) is 5.78. The second-order valence-corrected chi connectivity index (χ2v) is 7.56. The standard InChI is InChI=1S/C21H20ClN5O3/c22-17-4-1-3-16(13-17)15-24-9-11-25(12-10-24)21(28)20-7-8-26(23-20)18-5-2-6-19(14-18)27(29)30/h1-8,13-14H,9-12,15H2. The fourth-order valence-corrected chi connectivity index (χ4v) is 3.71. The molecule has 0 atom stereocenters. The average Bonchev–Trinajstić information content (AvgIpc) is 3.24. The van der Waals surface area contributed by atoms with Crippen molar-refractivity contribution in [2.45, 2.75) is 6.54 Å². The summed E-state index contributed by atoms with van der Waals surface area (Å²) in [5.41, 5.74) is 1.99. The fourth-order valence-electron chi connectivity index (χ4n) is 3.50. The second kappa shape index (κ2) is 8.64. The molecule has 0 saturated carbocycles. The van der Waals surface area contributed by atoms with Gasteiger partial charge in [0, 0.05) is 56.1 Å². The SMILES string of the molecule is O=C(c1ccn(-c2cccc([N+](=O)[O-])c2)n1)N1CCN(Cc2cccc(Cl)c2)CC1. The van der Waals surface area contributed by atoms with E-state index in [9.17, 15) is 14.9 Å². The molecule has 9 heteroatoms. The Bertz CT molecular complexity index is 1080. The summed E-state index contributed by atoms with van der Waals surface area (Å²) < 4.78 is 1.48. The lowest BCUT2D eigenvalue weighted by Gasteiger charge is -2.34. The van der Waals surface area contributed by atoms with Crippen LogP contribution < -0.4 is 0 Å². The zero-order valence-corrected chi connectivity index (χ0v) is 16.9. The number of aromatic nitrogens is 2. The molecule has 30 heavy (non-hydrogen) atoms. The Morgan fingerprint density at radius 2 is 1.83 bits per heavy atom. The van der Waals surface area contributed by atoms with E-state index in [4.69, 9.17) is 11.6 Å². The number of piperazine rings is 1. The third kappa shape index (κ3) is 4.50. The van der Waals surface area contributed by atoms with Crippen LogP contribution in [0.4, 0.5) is 5.69 Å². The van der Waals surface area contributed by atoms with Gasteiger partial charge in [-0.3, -0.25) is 19.8 Å². The van der Waals surface area contributed by atoms with E-state index < -0.39 is 4.92 Å². The molecule has 0 radical (unpaired) electrons. The zero-order valence-electron chi connectivity index (χ0n) is 16.1. The maximum atomic E-state index is 12.8. The quantitative estimate of drug-likeness (QED) is 0.462. The largest absolute Gasteiger partial charge is 0.335 e. The number of amides is 1. The molecule has 0 bridgehead atoms. The van der Waals surface area contributed by atoms with Crippen molar-refractivity contribution in [3.63, 3.8) is 0 Å². The van der Waals surface area contributed by atoms with Gasteiger partial charge >= 0.3 is 0 Å². The summed E-state index contributed by atoms with van der Waals surface area (Å²) in [6, 6.07) is 15.6. The van der Waals surface area contributed by atoms with Crippen LogP contribution in [0.3, 0.4) is 0 Å². The number of nitro benzene ring substituents is 1. The van der Waals surface area contributed by atoms with E-state index in [0.29, 0.717) is 24.5 Å². The first-order valence-corrected chi connectivity index (χ1v) is 9.94. The number of carbonyl (C=O) groups excluding carboxylic acids is 1. The summed E-state index contributed by atoms with van der Waals surface area (Å²) in [7, 11) is 0. The van der Waals surface area contributed by atoms with Crippen LogP contribution in [0, 0.1) is 10.1 Å². The van der Waals surface area contributed by atoms with Gasteiger partial charge in [0.25, 0.3) is 11.6 Å². The molecular formula is C21H20ClN5O3. The molecule has 1 fully saturated rings. The lowest BCUT2D eigenvalue weighted by Crippen LogP contribution is -2.48. The monoisotopic (exact) mass is 425 g/mol. The number of non-ortho nitro benzene ring substituents is 1. The number of nitrogens with zero attached hydrogens (tertiary/aromatic N) is 5. The number of carbonyl (C=O) groups is 1. The maximum absolute atomic E-state index is 12.8. The normalized spacial score (nSPS) is 14.6. The molecule has 1 aliphatic heterocycles. The van der Waals surface area contributed by atoms with Crippen molar-refractivity contribution in [2.24, 2.45) is 0 Å². The van der Waals surface area contributed by atoms with Crippen molar-refractivity contribution < 1.29 is 9.72 Å². The Morgan fingerprint density at radius 1 is 1.07 bits per heavy atom. The molecule has 2 heterocycles. The number of benzene rings is 2. The number of halogens is 1. The van der Waals surface area contributed by atoms with Gasteiger partial charge in [0.2, 0.25) is 0 Å². The minimum absolute atomic E-state index is 0.0216. The first-order chi connectivity index (χ1) is 14.5. The maximum Gasteiger partial charge on any atom is 0.274 e. The highest BCUT2D eigenvalue weighted by molar-refractivity contribution is 6.30. The lowest BCUT2D eigenvalue weighted by atomic mass is 10.2. The topological polar surface area (TPSA) is 84.5 Å². The number of hydrogen-bond acceptors (Lipinski definition) is 5. The molecule has 1 aromatic heterocycles. The van der Waals surface area contributed by atoms with Crippen molar-refractivity contribution >= 4 is 23.2 Å². The molecule has 3 aromatic rings. The predicted molar refractivity (Wildman–Crippen MR) is 113 cm³/mol. The van der Waals surface area contributed by atoms with Gasteiger partial charge in [-0.1, -0.05) is 29.8 Å². The molecule has 0 aliphatic carbocycles. The third-order valence-electron chi connectivity index (χ3n) is 5.07. The van der Waals surface area contributed by atoms with Crippen LogP contribution in [0.5, 0.6) is 0 Å². The minimum Gasteiger partial charge on any atom is -0.335 e. The number of hydrogen-bond donors (Lipinski definition) is 0. The second-order valence-electron chi connectivity index (χ2n) is 7.12. The van der Waals surface area contributed by atoms with Crippen LogP contribution in [0.25, 0.3) is 5.69 Å². The first-order valence-electron chi connectivity index (χ1n) is 9.56. The highest BCUT2D eigenvalue weighted by Gasteiger charge is 2.24. The molecule has 0 unspecified atom stereocenters. The number of nitro groups is 1. The van der Waals surface area contributed by atoms with Gasteiger partial charge in [0.15, 0.2) is 5.69 Å². The smallest absolute Gasteiger partial charge is 0.274 e. The van der Waals surface area contributed by atoms with Crippen LogP contribution in [0.2, 0.25) is 5.02 Å². The Labute approximate surface area is 178 Å². The van der Waals surface area contributed by atoms with Crippen LogP contribution in [-0.4, -0.2) is 56.6 Å². The first kappa shape index (κ1) is 20.1. The summed E-state index contributed by atoms with van der Waals surface area (Å²) in [5, 5.41) is 16.0. The zero-order chi connectivity index (χ0) is 21.1. The summed E-state index contributed by atoms with van der Waals surface area (Å²) in [5.74, 6) is -0.137. The van der Waals surface area contributed by atoms with E-state index in [1.807, 2.05) is 24.3 Å². The average molecular weight is 426 g/mol. The molecule has 154 valence electrons. The van der Waals surface area contributed by atoms with Crippen LogP contribution in [0.1, 0.15) is 16.1 Å². The van der Waals surface area contributed by atoms with E-state index in [1.165, 1.54) is 16.8 Å². The number of rotatable bonds is 5. The molecule has 4 rings (SSSR count). The van der Waals surface area contributed by atoms with Gasteiger partial charge in [0.1, 0.15) is 0 Å². The van der Waals surface area contributed by atoms with Crippen LogP contribution in [0.15, 0.2) is 60.8 Å². The van der Waals surface area contributed by atoms with Crippen molar-refractivity contribution in [1.29, 1.82) is 0 Å². The molecule has 0 N–H and O–H groups in total. The lowest BCUT2D eigenvalue weighted by molar-refractivity contribution is -0.384. The van der Waals surface area contributed by atoms with E-state index in [2.05, 4.69) is 10.00 Å². The highest BCUT2D eigenvalue weighted by atomic mass is 35.5. The van der Waals surface area contributed by atoms with Gasteiger partial charge in [-0.2, -0.15) is 5.10 Å². The van der Waals surface area contributed by atoms with E-state index in [0.717, 1.165) is 30.2 Å². The van der Waals surface area contributed by atoms with E-state index >= 15 is 0 Å². The molecule has 0 spiro atoms. The highest BCUT2D eigenvalue weighted by Crippen LogP contribution is 2.18. The van der Waals surface area contributed by atoms with Crippen molar-refractivity contribution in [3.05, 3.63) is 87.2 Å². The Hall–Kier alpha value is -3.23. The van der Waals surface area contributed by atoms with E-state index in [-0.39, 0.29) is 11.6 Å². The molecule has 1 amide bonds. The van der Waals surface area contributed by atoms with Gasteiger partial charge in [-0.25, -0.2) is 4.68 Å². The molecule has 1 aliphatic rings. The summed E-state index contributed by atoms with van der Waals surface area (Å²) in [6.07, 6.45) is 1.64. The van der Waals surface area contributed by atoms with Crippen molar-refractivity contribution in [3.8, 4) is 5.69 Å². The summed E-state index contributed by atoms with van der Waals surface area (Å²) in [4.78, 5) is 27.4. The summed E-state index contributed by atoms with van der Waals surface area (Å²) in [6.45, 7) is 3.56. The van der Waals surface area contributed by atoms with Gasteiger partial charge in [0.05, 0.1) is 10.6 Å². The van der Waals surface area contributed by atoms with Crippen LogP contribution >= 0.6 is 11.6 Å². The van der Waals surface area contributed by atoms with Gasteiger partial charge in [-0.15, -0.1) is 0 Å². The molecule has 2 aromatic carbocycles. The van der Waals surface area contributed by atoms with Gasteiger partial charge < -0.3 is 4.90 Å². The van der Waals surface area contributed by atoms with Gasteiger partial charge in [-0.05, 0) is 29.8 Å². The Balaban J connectivity index is 1.38. The fraction of sp³-hybridized carbons (Fsp3) is 0.238. The van der Waals surface area contributed by atoms with Crippen LogP contribution in [-0.2, 0) is 6.54 Å². The predicted octanol–water partition coefficient (Wildman–Crippen LogP) is 3.39. The minimum atomic E-state index is -0.456. The summed E-state index contributed by atoms with van der Waals surface area (Å²) >= 11 is 6.05. The molecule has 1 saturated heterocycles. The Morgan fingerprint density at radius 3 is 2.57 bits per heavy atom. The third-order valence-corrected chi connectivity index (χ3v) is 5.30. The molecular weight excluding hydrogens is 406 g/mol. The molecule has 8 nitrogen and oxygen atoms in total.